The van der Waals surface area contributed by atoms with Gasteiger partial charge in [0.1, 0.15) is 0 Å². The van der Waals surface area contributed by atoms with Gasteiger partial charge in [-0.15, -0.1) is 0 Å². The molecule has 0 bridgehead atoms. The van der Waals surface area contributed by atoms with Crippen LogP contribution in [0.4, 0.5) is 11.4 Å². The van der Waals surface area contributed by atoms with Crippen molar-refractivity contribution in [1.29, 1.82) is 0 Å². The Hall–Kier alpha value is -2.53. The van der Waals surface area contributed by atoms with Crippen LogP contribution in [0.25, 0.3) is 10.9 Å². The number of rotatable bonds is 3. The molecule has 138 valence electrons. The minimum atomic E-state index is 0.0577. The Bertz CT molecular complexity index is 976. The fraction of sp³-hybridized carbons (Fsp3) is 0.273. The zero-order valence-electron chi connectivity index (χ0n) is 15.7. The maximum atomic E-state index is 13.3. The van der Waals surface area contributed by atoms with E-state index in [1.807, 2.05) is 40.9 Å². The summed E-state index contributed by atoms with van der Waals surface area (Å²) in [6, 6.07) is 14.2. The number of aromatic nitrogens is 1. The van der Waals surface area contributed by atoms with Gasteiger partial charge in [0, 0.05) is 41.9 Å². The van der Waals surface area contributed by atoms with Crippen LogP contribution in [0.5, 0.6) is 0 Å². The van der Waals surface area contributed by atoms with Gasteiger partial charge in [-0.1, -0.05) is 36.4 Å². The number of nitrogens with one attached hydrogen (secondary N) is 1. The number of fused-ring (bicyclic) bond motifs is 1. The van der Waals surface area contributed by atoms with Gasteiger partial charge in [-0.3, -0.25) is 9.78 Å². The van der Waals surface area contributed by atoms with Gasteiger partial charge >= 0.3 is 0 Å². The molecule has 1 amide bonds. The van der Waals surface area contributed by atoms with Crippen LogP contribution >= 0.6 is 11.8 Å². The van der Waals surface area contributed by atoms with Crippen molar-refractivity contribution in [3.8, 4) is 0 Å². The fourth-order valence-corrected chi connectivity index (χ4v) is 4.41. The molecule has 0 aliphatic carbocycles. The number of carbonyl (C=O) groups is 1. The maximum Gasteiger partial charge on any atom is 0.257 e. The summed E-state index contributed by atoms with van der Waals surface area (Å²) in [6.07, 6.45) is 1.72. The third-order valence-corrected chi connectivity index (χ3v) is 5.98. The van der Waals surface area contributed by atoms with E-state index < -0.39 is 0 Å². The molecular formula is C22H23N3OS. The molecule has 1 aliphatic heterocycles. The first-order valence-corrected chi connectivity index (χ1v) is 10.4. The topological polar surface area (TPSA) is 45.2 Å². The van der Waals surface area contributed by atoms with E-state index in [0.29, 0.717) is 5.56 Å². The molecule has 4 nitrogen and oxygen atoms in total. The molecule has 4 rings (SSSR count). The zero-order chi connectivity index (χ0) is 18.8. The number of hydrogen-bond donors (Lipinski definition) is 1. The second-order valence-corrected chi connectivity index (χ2v) is 8.09. The minimum absolute atomic E-state index is 0.0577. The molecule has 0 saturated carbocycles. The van der Waals surface area contributed by atoms with Gasteiger partial charge in [-0.2, -0.15) is 11.8 Å². The van der Waals surface area contributed by atoms with E-state index in [4.69, 9.17) is 0 Å². The van der Waals surface area contributed by atoms with Crippen LogP contribution in [-0.4, -0.2) is 40.4 Å². The second kappa shape index (κ2) is 7.61. The van der Waals surface area contributed by atoms with E-state index in [1.54, 1.807) is 6.20 Å². The molecule has 1 N–H and O–H groups in total. The van der Waals surface area contributed by atoms with Crippen molar-refractivity contribution in [2.45, 2.75) is 13.8 Å². The number of hydrogen-bond acceptors (Lipinski definition) is 4. The predicted molar refractivity (Wildman–Crippen MR) is 114 cm³/mol. The summed E-state index contributed by atoms with van der Waals surface area (Å²) in [4.78, 5) is 19.8. The van der Waals surface area contributed by atoms with E-state index in [9.17, 15) is 4.79 Å². The molecule has 2 heterocycles. The number of carbonyl (C=O) groups excluding carboxylic acids is 1. The molecule has 0 atom stereocenters. The molecule has 2 aromatic carbocycles. The lowest BCUT2D eigenvalue weighted by molar-refractivity contribution is 0.0773. The number of pyridine rings is 1. The predicted octanol–water partition coefficient (Wildman–Crippen LogP) is 4.78. The molecule has 0 radical (unpaired) electrons. The highest BCUT2D eigenvalue weighted by molar-refractivity contribution is 7.99. The van der Waals surface area contributed by atoms with Gasteiger partial charge in [0.05, 0.1) is 16.8 Å². The third-order valence-electron chi connectivity index (χ3n) is 5.04. The van der Waals surface area contributed by atoms with E-state index in [1.165, 1.54) is 0 Å². The Morgan fingerprint density at radius 1 is 1.00 bits per heavy atom. The number of anilines is 2. The molecule has 5 heteroatoms. The molecule has 27 heavy (non-hydrogen) atoms. The van der Waals surface area contributed by atoms with Crippen LogP contribution in [0.1, 0.15) is 21.5 Å². The Kier molecular flexibility index (Phi) is 5.03. The molecule has 1 aromatic heterocycles. The molecule has 3 aromatic rings. The van der Waals surface area contributed by atoms with Crippen molar-refractivity contribution in [2.75, 3.05) is 29.9 Å². The van der Waals surface area contributed by atoms with Gasteiger partial charge in [0.15, 0.2) is 0 Å². The Balaban J connectivity index is 1.84. The van der Waals surface area contributed by atoms with Crippen molar-refractivity contribution in [1.82, 2.24) is 9.88 Å². The van der Waals surface area contributed by atoms with E-state index in [2.05, 4.69) is 42.3 Å². The maximum absolute atomic E-state index is 13.3. The average Bonchev–Trinajstić information content (AvgIpc) is 2.71. The summed E-state index contributed by atoms with van der Waals surface area (Å²) in [5.41, 5.74) is 5.74. The highest BCUT2D eigenvalue weighted by Crippen LogP contribution is 2.32. The molecule has 0 spiro atoms. The summed E-state index contributed by atoms with van der Waals surface area (Å²) in [5.74, 6) is 2.04. The molecule has 1 aliphatic rings. The smallest absolute Gasteiger partial charge is 0.257 e. The van der Waals surface area contributed by atoms with Gasteiger partial charge in [-0.25, -0.2) is 0 Å². The van der Waals surface area contributed by atoms with Crippen LogP contribution < -0.4 is 5.32 Å². The minimum Gasteiger partial charge on any atom is -0.354 e. The molecule has 1 saturated heterocycles. The van der Waals surface area contributed by atoms with Crippen molar-refractivity contribution >= 4 is 39.9 Å². The first-order valence-electron chi connectivity index (χ1n) is 9.23. The summed E-state index contributed by atoms with van der Waals surface area (Å²) < 4.78 is 0. The van der Waals surface area contributed by atoms with Gasteiger partial charge in [0.25, 0.3) is 5.91 Å². The Morgan fingerprint density at radius 3 is 2.44 bits per heavy atom. The SMILES string of the molecule is Cc1cccc(C)c1Nc1c(C(=O)N2CCSCC2)cnc2ccccc12. The quantitative estimate of drug-likeness (QED) is 0.713. The first kappa shape index (κ1) is 17.9. The van der Waals surface area contributed by atoms with Crippen molar-refractivity contribution in [2.24, 2.45) is 0 Å². The summed E-state index contributed by atoms with van der Waals surface area (Å²) in [7, 11) is 0. The first-order chi connectivity index (χ1) is 13.1. The number of amides is 1. The lowest BCUT2D eigenvalue weighted by Crippen LogP contribution is -2.38. The summed E-state index contributed by atoms with van der Waals surface area (Å²) in [6.45, 7) is 5.75. The molecule has 1 fully saturated rings. The normalized spacial score (nSPS) is 14.4. The van der Waals surface area contributed by atoms with E-state index >= 15 is 0 Å². The van der Waals surface area contributed by atoms with Gasteiger partial charge < -0.3 is 10.2 Å². The van der Waals surface area contributed by atoms with Gasteiger partial charge in [-0.05, 0) is 31.0 Å². The fourth-order valence-electron chi connectivity index (χ4n) is 3.51. The second-order valence-electron chi connectivity index (χ2n) is 6.86. The van der Waals surface area contributed by atoms with Crippen molar-refractivity contribution in [3.63, 3.8) is 0 Å². The van der Waals surface area contributed by atoms with Crippen LogP contribution in [0, 0.1) is 13.8 Å². The standard InChI is InChI=1S/C22H23N3OS/c1-15-6-5-7-16(2)20(15)24-21-17-8-3-4-9-19(17)23-14-18(21)22(26)25-10-12-27-13-11-25/h3-9,14H,10-13H2,1-2H3,(H,23,24). The lowest BCUT2D eigenvalue weighted by Gasteiger charge is -2.27. The largest absolute Gasteiger partial charge is 0.354 e. The molecule has 0 unspecified atom stereocenters. The monoisotopic (exact) mass is 377 g/mol. The van der Waals surface area contributed by atoms with Gasteiger partial charge in [0.2, 0.25) is 0 Å². The van der Waals surface area contributed by atoms with E-state index in [0.717, 1.165) is 58.0 Å². The summed E-state index contributed by atoms with van der Waals surface area (Å²) in [5, 5.41) is 4.55. The van der Waals surface area contributed by atoms with E-state index in [-0.39, 0.29) is 5.91 Å². The highest BCUT2D eigenvalue weighted by Gasteiger charge is 2.23. The number of nitrogens with zero attached hydrogens (tertiary/aromatic N) is 2. The number of aryl methyl sites for hydroxylation is 2. The third kappa shape index (κ3) is 3.52. The number of para-hydroxylation sites is 2. The number of thioether (sulfide) groups is 1. The van der Waals surface area contributed by atoms with Crippen LogP contribution in [0.3, 0.4) is 0 Å². The molecular weight excluding hydrogens is 354 g/mol. The lowest BCUT2D eigenvalue weighted by atomic mass is 10.0. The number of benzene rings is 2. The average molecular weight is 378 g/mol. The summed E-state index contributed by atoms with van der Waals surface area (Å²) >= 11 is 1.90. The van der Waals surface area contributed by atoms with Crippen molar-refractivity contribution < 1.29 is 4.79 Å². The Labute approximate surface area is 164 Å². The van der Waals surface area contributed by atoms with Crippen LogP contribution in [0.15, 0.2) is 48.7 Å². The Morgan fingerprint density at radius 2 is 1.70 bits per heavy atom. The van der Waals surface area contributed by atoms with Crippen LogP contribution in [-0.2, 0) is 0 Å². The zero-order valence-corrected chi connectivity index (χ0v) is 16.5. The van der Waals surface area contributed by atoms with Crippen LogP contribution in [0.2, 0.25) is 0 Å². The van der Waals surface area contributed by atoms with Crippen molar-refractivity contribution in [3.05, 3.63) is 65.4 Å². The highest BCUT2D eigenvalue weighted by atomic mass is 32.2.